The Labute approximate surface area is 151 Å². The molecule has 7 nitrogen and oxygen atoms in total. The molecule has 0 aliphatic rings. The van der Waals surface area contributed by atoms with Gasteiger partial charge in [0.1, 0.15) is 0 Å². The Morgan fingerprint density at radius 2 is 2.12 bits per heavy atom. The third kappa shape index (κ3) is 2.88. The van der Waals surface area contributed by atoms with Crippen molar-refractivity contribution in [2.24, 2.45) is 0 Å². The Bertz CT molecular complexity index is 1190. The van der Waals surface area contributed by atoms with Crippen LogP contribution in [0, 0.1) is 0 Å². The van der Waals surface area contributed by atoms with Gasteiger partial charge in [0.05, 0.1) is 17.5 Å². The van der Waals surface area contributed by atoms with Crippen molar-refractivity contribution < 1.29 is 4.52 Å². The molecule has 0 saturated carbocycles. The fourth-order valence-corrected chi connectivity index (χ4v) is 3.59. The second-order valence-corrected chi connectivity index (χ2v) is 7.26. The van der Waals surface area contributed by atoms with Gasteiger partial charge in [-0.15, -0.1) is 11.3 Å². The number of hydrogen-bond acceptors (Lipinski definition) is 6. The van der Waals surface area contributed by atoms with Crippen LogP contribution in [0.4, 0.5) is 0 Å². The van der Waals surface area contributed by atoms with Gasteiger partial charge in [0.2, 0.25) is 11.7 Å². The molecule has 3 heterocycles. The highest BCUT2D eigenvalue weighted by Gasteiger charge is 2.14. The molecule has 3 aromatic heterocycles. The predicted molar refractivity (Wildman–Crippen MR) is 99.6 cm³/mol. The molecule has 0 aliphatic carbocycles. The number of hydrogen-bond donors (Lipinski definition) is 1. The second-order valence-electron chi connectivity index (χ2n) is 6.22. The van der Waals surface area contributed by atoms with Gasteiger partial charge in [-0.25, -0.2) is 0 Å². The maximum absolute atomic E-state index is 12.1. The lowest BCUT2D eigenvalue weighted by atomic mass is 10.1. The fraction of sp³-hybridized carbons (Fsp3) is 0.222. The van der Waals surface area contributed by atoms with E-state index >= 15 is 0 Å². The van der Waals surface area contributed by atoms with E-state index in [4.69, 9.17) is 4.52 Å². The molecule has 1 aromatic carbocycles. The molecule has 0 amide bonds. The van der Waals surface area contributed by atoms with E-state index in [0.29, 0.717) is 34.7 Å². The van der Waals surface area contributed by atoms with Crippen molar-refractivity contribution in [2.45, 2.75) is 26.3 Å². The number of nitrogens with zero attached hydrogens (tertiary/aromatic N) is 3. The van der Waals surface area contributed by atoms with Crippen LogP contribution in [0.2, 0.25) is 0 Å². The van der Waals surface area contributed by atoms with Gasteiger partial charge in [0.25, 0.3) is 0 Å². The van der Waals surface area contributed by atoms with Gasteiger partial charge in [-0.1, -0.05) is 11.2 Å². The lowest BCUT2D eigenvalue weighted by Crippen LogP contribution is -2.37. The molecule has 1 N–H and O–H groups in total. The van der Waals surface area contributed by atoms with Crippen LogP contribution in [0.25, 0.3) is 22.4 Å². The highest BCUT2D eigenvalue weighted by Crippen LogP contribution is 2.22. The first-order valence-corrected chi connectivity index (χ1v) is 9.05. The molecule has 0 saturated heterocycles. The summed E-state index contributed by atoms with van der Waals surface area (Å²) < 4.78 is 6.81. The van der Waals surface area contributed by atoms with E-state index in [1.165, 1.54) is 4.57 Å². The van der Waals surface area contributed by atoms with Crippen molar-refractivity contribution in [3.05, 3.63) is 67.2 Å². The van der Waals surface area contributed by atoms with E-state index in [-0.39, 0.29) is 6.04 Å². The zero-order valence-corrected chi connectivity index (χ0v) is 15.0. The van der Waals surface area contributed by atoms with E-state index in [0.717, 1.165) is 4.88 Å². The van der Waals surface area contributed by atoms with Gasteiger partial charge >= 0.3 is 11.1 Å². The Kier molecular flexibility index (Phi) is 4.04. The summed E-state index contributed by atoms with van der Waals surface area (Å²) in [4.78, 5) is 32.3. The van der Waals surface area contributed by atoms with Crippen molar-refractivity contribution in [1.82, 2.24) is 19.7 Å². The molecule has 0 bridgehead atoms. The van der Waals surface area contributed by atoms with Gasteiger partial charge in [-0.3, -0.25) is 14.2 Å². The SMILES string of the molecule is CC(C)n1c(=O)c(=O)[nH]c2cc(-c3noc(Cc4cccs4)n3)ccc21. The molecule has 0 atom stereocenters. The van der Waals surface area contributed by atoms with E-state index in [1.807, 2.05) is 37.4 Å². The summed E-state index contributed by atoms with van der Waals surface area (Å²) in [6.45, 7) is 3.73. The Morgan fingerprint density at radius 3 is 2.85 bits per heavy atom. The molecule has 4 aromatic rings. The molecular weight excluding hydrogens is 352 g/mol. The predicted octanol–water partition coefficient (Wildman–Crippen LogP) is 2.97. The summed E-state index contributed by atoms with van der Waals surface area (Å²) in [6, 6.07) is 9.23. The van der Waals surface area contributed by atoms with Crippen molar-refractivity contribution in [2.75, 3.05) is 0 Å². The molecule has 0 unspecified atom stereocenters. The molecule has 0 spiro atoms. The Balaban J connectivity index is 1.76. The van der Waals surface area contributed by atoms with E-state index in [1.54, 1.807) is 23.5 Å². The van der Waals surface area contributed by atoms with Gasteiger partial charge in [-0.2, -0.15) is 4.98 Å². The standard InChI is InChI=1S/C18H16N4O3S/c1-10(2)22-14-6-5-11(8-13(14)19-17(23)18(22)24)16-20-15(25-21-16)9-12-4-3-7-26-12/h3-8,10H,9H2,1-2H3,(H,19,23). The third-order valence-electron chi connectivity index (χ3n) is 4.07. The van der Waals surface area contributed by atoms with Crippen LogP contribution < -0.4 is 11.1 Å². The number of aromatic amines is 1. The van der Waals surface area contributed by atoms with Crippen LogP contribution >= 0.6 is 11.3 Å². The van der Waals surface area contributed by atoms with Crippen molar-refractivity contribution in [1.29, 1.82) is 0 Å². The van der Waals surface area contributed by atoms with Crippen LogP contribution in [-0.2, 0) is 6.42 Å². The molecule has 132 valence electrons. The molecule has 0 fully saturated rings. The minimum Gasteiger partial charge on any atom is -0.339 e. The summed E-state index contributed by atoms with van der Waals surface area (Å²) in [5.74, 6) is 0.977. The van der Waals surface area contributed by atoms with Crippen LogP contribution in [0.15, 0.2) is 49.8 Å². The van der Waals surface area contributed by atoms with E-state index in [9.17, 15) is 9.59 Å². The number of rotatable bonds is 4. The van der Waals surface area contributed by atoms with E-state index < -0.39 is 11.1 Å². The summed E-state index contributed by atoms with van der Waals surface area (Å²) >= 11 is 1.63. The molecular formula is C18H16N4O3S. The quantitative estimate of drug-likeness (QED) is 0.559. The zero-order chi connectivity index (χ0) is 18.3. The average Bonchev–Trinajstić information content (AvgIpc) is 3.28. The molecule has 26 heavy (non-hydrogen) atoms. The van der Waals surface area contributed by atoms with Gasteiger partial charge in [0.15, 0.2) is 0 Å². The Hall–Kier alpha value is -3.00. The summed E-state index contributed by atoms with van der Waals surface area (Å²) in [7, 11) is 0. The topological polar surface area (TPSA) is 93.8 Å². The number of aromatic nitrogens is 4. The second kappa shape index (κ2) is 6.38. The fourth-order valence-electron chi connectivity index (χ4n) is 2.90. The maximum atomic E-state index is 12.1. The number of thiophene rings is 1. The third-order valence-corrected chi connectivity index (χ3v) is 4.94. The van der Waals surface area contributed by atoms with Gasteiger partial charge < -0.3 is 9.51 Å². The number of fused-ring (bicyclic) bond motifs is 1. The van der Waals surface area contributed by atoms with Gasteiger partial charge in [0, 0.05) is 16.5 Å². The summed E-state index contributed by atoms with van der Waals surface area (Å²) in [5.41, 5.74) is 0.734. The van der Waals surface area contributed by atoms with Crippen LogP contribution in [0.1, 0.15) is 30.7 Å². The summed E-state index contributed by atoms with van der Waals surface area (Å²) in [6.07, 6.45) is 0.585. The lowest BCUT2D eigenvalue weighted by molar-refractivity contribution is 0.386. The number of H-pyrrole nitrogens is 1. The van der Waals surface area contributed by atoms with Gasteiger partial charge in [-0.05, 0) is 43.5 Å². The summed E-state index contributed by atoms with van der Waals surface area (Å²) in [5, 5.41) is 6.03. The molecule has 4 rings (SSSR count). The average molecular weight is 368 g/mol. The van der Waals surface area contributed by atoms with Crippen LogP contribution in [0.3, 0.4) is 0 Å². The zero-order valence-electron chi connectivity index (χ0n) is 14.2. The number of nitrogens with one attached hydrogen (secondary N) is 1. The molecule has 0 aliphatic heterocycles. The first kappa shape index (κ1) is 16.5. The molecule has 0 radical (unpaired) electrons. The lowest BCUT2D eigenvalue weighted by Gasteiger charge is -2.13. The first-order valence-electron chi connectivity index (χ1n) is 8.17. The minimum atomic E-state index is -0.644. The van der Waals surface area contributed by atoms with E-state index in [2.05, 4.69) is 15.1 Å². The highest BCUT2D eigenvalue weighted by atomic mass is 32.1. The normalized spacial score (nSPS) is 11.5. The van der Waals surface area contributed by atoms with Crippen molar-refractivity contribution >= 4 is 22.4 Å². The van der Waals surface area contributed by atoms with Crippen molar-refractivity contribution in [3.8, 4) is 11.4 Å². The number of benzene rings is 1. The minimum absolute atomic E-state index is 0.124. The molecule has 8 heteroatoms. The van der Waals surface area contributed by atoms with Crippen molar-refractivity contribution in [3.63, 3.8) is 0 Å². The largest absolute Gasteiger partial charge is 0.339 e. The Morgan fingerprint density at radius 1 is 1.27 bits per heavy atom. The first-order chi connectivity index (χ1) is 12.5. The smallest absolute Gasteiger partial charge is 0.316 e. The van der Waals surface area contributed by atoms with Crippen LogP contribution in [-0.4, -0.2) is 19.7 Å². The highest BCUT2D eigenvalue weighted by molar-refractivity contribution is 7.09. The monoisotopic (exact) mass is 368 g/mol. The van der Waals surface area contributed by atoms with Crippen LogP contribution in [0.5, 0.6) is 0 Å². The maximum Gasteiger partial charge on any atom is 0.316 e.